The molecule has 0 radical (unpaired) electrons. The van der Waals surface area contributed by atoms with Gasteiger partial charge in [-0.25, -0.2) is 4.79 Å². The minimum absolute atomic E-state index is 0.0928. The van der Waals surface area contributed by atoms with Crippen molar-refractivity contribution in [2.45, 2.75) is 46.3 Å². The van der Waals surface area contributed by atoms with Crippen LogP contribution in [0.3, 0.4) is 0 Å². The molecule has 5 heteroatoms. The van der Waals surface area contributed by atoms with E-state index in [4.69, 9.17) is 10.00 Å². The van der Waals surface area contributed by atoms with E-state index in [9.17, 15) is 9.59 Å². The zero-order valence-electron chi connectivity index (χ0n) is 11.6. The SMILES string of the molecule is CC1CN(C(=O)OC(C)(C)C)C(C)C(C#N)C1=O. The predicted octanol–water partition coefficient (Wildman–Crippen LogP) is 1.97. The highest BCUT2D eigenvalue weighted by Gasteiger charge is 2.42. The van der Waals surface area contributed by atoms with Crippen molar-refractivity contribution in [2.75, 3.05) is 6.54 Å². The summed E-state index contributed by atoms with van der Waals surface area (Å²) >= 11 is 0. The lowest BCUT2D eigenvalue weighted by Gasteiger charge is -2.39. The van der Waals surface area contributed by atoms with Gasteiger partial charge in [0.25, 0.3) is 0 Å². The highest BCUT2D eigenvalue weighted by atomic mass is 16.6. The summed E-state index contributed by atoms with van der Waals surface area (Å²) in [4.78, 5) is 25.3. The van der Waals surface area contributed by atoms with Gasteiger partial charge in [-0.3, -0.25) is 4.79 Å². The van der Waals surface area contributed by atoms with Gasteiger partial charge >= 0.3 is 6.09 Å². The highest BCUT2D eigenvalue weighted by Crippen LogP contribution is 2.25. The first kappa shape index (κ1) is 14.5. The molecule has 0 aromatic heterocycles. The first-order valence-corrected chi connectivity index (χ1v) is 6.10. The molecule has 0 aromatic rings. The van der Waals surface area contributed by atoms with Gasteiger partial charge in [0, 0.05) is 12.5 Å². The molecule has 0 bridgehead atoms. The van der Waals surface area contributed by atoms with Crippen molar-refractivity contribution in [2.24, 2.45) is 11.8 Å². The number of rotatable bonds is 0. The number of hydrogen-bond donors (Lipinski definition) is 0. The van der Waals surface area contributed by atoms with Crippen LogP contribution in [0.5, 0.6) is 0 Å². The summed E-state index contributed by atoms with van der Waals surface area (Å²) in [5, 5.41) is 9.03. The molecule has 0 saturated carbocycles. The molecule has 1 heterocycles. The minimum Gasteiger partial charge on any atom is -0.444 e. The minimum atomic E-state index is -0.763. The van der Waals surface area contributed by atoms with Crippen LogP contribution in [0.2, 0.25) is 0 Å². The second kappa shape index (κ2) is 4.97. The molecular formula is C13H20N2O3. The fraction of sp³-hybridized carbons (Fsp3) is 0.769. The second-order valence-electron chi connectivity index (χ2n) is 5.78. The van der Waals surface area contributed by atoms with E-state index < -0.39 is 23.7 Å². The van der Waals surface area contributed by atoms with Crippen LogP contribution in [0.1, 0.15) is 34.6 Å². The van der Waals surface area contributed by atoms with Crippen LogP contribution in [-0.2, 0) is 9.53 Å². The summed E-state index contributed by atoms with van der Waals surface area (Å²) in [7, 11) is 0. The van der Waals surface area contributed by atoms with E-state index in [0.717, 1.165) is 0 Å². The molecule has 3 unspecified atom stereocenters. The van der Waals surface area contributed by atoms with E-state index in [2.05, 4.69) is 0 Å². The lowest BCUT2D eigenvalue weighted by atomic mass is 9.84. The van der Waals surface area contributed by atoms with Crippen LogP contribution >= 0.6 is 0 Å². The number of likely N-dealkylation sites (tertiary alicyclic amines) is 1. The number of piperidine rings is 1. The van der Waals surface area contributed by atoms with E-state index in [0.29, 0.717) is 6.54 Å². The van der Waals surface area contributed by atoms with Gasteiger partial charge in [-0.05, 0) is 27.7 Å². The molecule has 1 fully saturated rings. The Morgan fingerprint density at radius 1 is 1.44 bits per heavy atom. The van der Waals surface area contributed by atoms with E-state index in [1.54, 1.807) is 34.6 Å². The maximum Gasteiger partial charge on any atom is 0.410 e. The standard InChI is InChI=1S/C13H20N2O3/c1-8-7-15(12(17)18-13(3,4)5)9(2)10(6-14)11(8)16/h8-10H,7H2,1-5H3. The average molecular weight is 252 g/mol. The highest BCUT2D eigenvalue weighted by molar-refractivity contribution is 5.88. The van der Waals surface area contributed by atoms with Crippen molar-refractivity contribution < 1.29 is 14.3 Å². The third kappa shape index (κ3) is 3.00. The van der Waals surface area contributed by atoms with Crippen LogP contribution in [0.4, 0.5) is 4.79 Å². The fourth-order valence-corrected chi connectivity index (χ4v) is 2.01. The molecule has 0 aliphatic carbocycles. The third-order valence-electron chi connectivity index (χ3n) is 3.00. The Labute approximate surface area is 108 Å². The Morgan fingerprint density at radius 3 is 2.44 bits per heavy atom. The molecule has 0 spiro atoms. The summed E-state index contributed by atoms with van der Waals surface area (Å²) in [6.07, 6.45) is -0.463. The molecule has 1 saturated heterocycles. The van der Waals surface area contributed by atoms with E-state index in [-0.39, 0.29) is 11.7 Å². The van der Waals surface area contributed by atoms with Crippen LogP contribution in [0.15, 0.2) is 0 Å². The number of amides is 1. The Hall–Kier alpha value is -1.57. The lowest BCUT2D eigenvalue weighted by Crippen LogP contribution is -2.54. The Morgan fingerprint density at radius 2 is 2.00 bits per heavy atom. The maximum absolute atomic E-state index is 12.0. The van der Waals surface area contributed by atoms with Crippen LogP contribution in [0.25, 0.3) is 0 Å². The molecule has 100 valence electrons. The molecule has 1 aliphatic rings. The molecular weight excluding hydrogens is 232 g/mol. The topological polar surface area (TPSA) is 70.4 Å². The summed E-state index contributed by atoms with van der Waals surface area (Å²) < 4.78 is 5.29. The zero-order chi connectivity index (χ0) is 14.1. The molecule has 3 atom stereocenters. The van der Waals surface area contributed by atoms with Gasteiger partial charge < -0.3 is 9.64 Å². The van der Waals surface area contributed by atoms with Crippen molar-refractivity contribution in [1.82, 2.24) is 4.90 Å². The van der Waals surface area contributed by atoms with Gasteiger partial charge in [0.2, 0.25) is 0 Å². The first-order valence-electron chi connectivity index (χ1n) is 6.10. The number of hydrogen-bond acceptors (Lipinski definition) is 4. The summed E-state index contributed by atoms with van der Waals surface area (Å²) in [6.45, 7) is 9.12. The van der Waals surface area contributed by atoms with E-state index in [1.807, 2.05) is 6.07 Å². The maximum atomic E-state index is 12.0. The molecule has 18 heavy (non-hydrogen) atoms. The van der Waals surface area contributed by atoms with Crippen molar-refractivity contribution in [3.05, 3.63) is 0 Å². The number of ketones is 1. The van der Waals surface area contributed by atoms with Crippen LogP contribution < -0.4 is 0 Å². The predicted molar refractivity (Wildman–Crippen MR) is 65.7 cm³/mol. The Kier molecular flexibility index (Phi) is 4.00. The van der Waals surface area contributed by atoms with Crippen molar-refractivity contribution >= 4 is 11.9 Å². The largest absolute Gasteiger partial charge is 0.444 e. The summed E-state index contributed by atoms with van der Waals surface area (Å²) in [5.74, 6) is -1.18. The van der Waals surface area contributed by atoms with Gasteiger partial charge in [-0.2, -0.15) is 5.26 Å². The zero-order valence-corrected chi connectivity index (χ0v) is 11.6. The second-order valence-corrected chi connectivity index (χ2v) is 5.78. The van der Waals surface area contributed by atoms with E-state index >= 15 is 0 Å². The van der Waals surface area contributed by atoms with Gasteiger partial charge in [0.1, 0.15) is 11.5 Å². The molecule has 0 aromatic carbocycles. The van der Waals surface area contributed by atoms with Crippen LogP contribution in [0, 0.1) is 23.2 Å². The fourth-order valence-electron chi connectivity index (χ4n) is 2.01. The van der Waals surface area contributed by atoms with Crippen LogP contribution in [-0.4, -0.2) is 35.0 Å². The lowest BCUT2D eigenvalue weighted by molar-refractivity contribution is -0.130. The van der Waals surface area contributed by atoms with Gasteiger partial charge in [-0.15, -0.1) is 0 Å². The molecule has 5 nitrogen and oxygen atoms in total. The molecule has 1 amide bonds. The monoisotopic (exact) mass is 252 g/mol. The smallest absolute Gasteiger partial charge is 0.410 e. The van der Waals surface area contributed by atoms with Crippen molar-refractivity contribution in [3.63, 3.8) is 0 Å². The number of carbonyl (C=O) groups is 2. The van der Waals surface area contributed by atoms with Gasteiger partial charge in [-0.1, -0.05) is 6.92 Å². The third-order valence-corrected chi connectivity index (χ3v) is 3.00. The number of ether oxygens (including phenoxy) is 1. The molecule has 0 N–H and O–H groups in total. The Balaban J connectivity index is 2.87. The van der Waals surface area contributed by atoms with Crippen molar-refractivity contribution in [1.29, 1.82) is 5.26 Å². The normalized spacial score (nSPS) is 28.8. The number of Topliss-reactive ketones (excluding diaryl/α,β-unsaturated/α-hetero) is 1. The van der Waals surface area contributed by atoms with E-state index in [1.165, 1.54) is 4.90 Å². The quantitative estimate of drug-likeness (QED) is 0.661. The number of carbonyl (C=O) groups excluding carboxylic acids is 2. The molecule has 1 rings (SSSR count). The van der Waals surface area contributed by atoms with Gasteiger partial charge in [0.05, 0.1) is 12.1 Å². The summed E-state index contributed by atoms with van der Waals surface area (Å²) in [5.41, 5.74) is -0.580. The first-order chi connectivity index (χ1) is 8.17. The Bertz CT molecular complexity index is 392. The molecule has 1 aliphatic heterocycles. The van der Waals surface area contributed by atoms with Crippen molar-refractivity contribution in [3.8, 4) is 6.07 Å². The number of nitrogens with zero attached hydrogens (tertiary/aromatic N) is 2. The van der Waals surface area contributed by atoms with Gasteiger partial charge in [0.15, 0.2) is 5.78 Å². The summed E-state index contributed by atoms with van der Waals surface area (Å²) in [6, 6.07) is 1.55. The average Bonchev–Trinajstić information content (AvgIpc) is 2.21. The number of nitriles is 1.